The van der Waals surface area contributed by atoms with E-state index in [0.29, 0.717) is 16.3 Å². The highest BCUT2D eigenvalue weighted by molar-refractivity contribution is 9.10. The second-order valence-electron chi connectivity index (χ2n) is 4.74. The van der Waals surface area contributed by atoms with Gasteiger partial charge in [-0.15, -0.1) is 11.3 Å². The molecule has 2 heterocycles. The molecule has 0 aliphatic carbocycles. The van der Waals surface area contributed by atoms with Crippen LogP contribution in [0.15, 0.2) is 39.5 Å². The van der Waals surface area contributed by atoms with Crippen LogP contribution in [0, 0.1) is 6.92 Å². The van der Waals surface area contributed by atoms with Gasteiger partial charge in [-0.1, -0.05) is 15.9 Å². The minimum absolute atomic E-state index is 0.183. The van der Waals surface area contributed by atoms with Crippen LogP contribution in [-0.4, -0.2) is 18.0 Å². The second kappa shape index (κ2) is 6.82. The predicted molar refractivity (Wildman–Crippen MR) is 98.8 cm³/mol. The van der Waals surface area contributed by atoms with Gasteiger partial charge in [0, 0.05) is 15.4 Å². The van der Waals surface area contributed by atoms with Crippen LogP contribution >= 0.6 is 38.6 Å². The van der Waals surface area contributed by atoms with Crippen molar-refractivity contribution in [2.75, 3.05) is 12.4 Å². The summed E-state index contributed by atoms with van der Waals surface area (Å²) in [6.07, 6.45) is 0. The molecule has 0 atom stereocenters. The normalized spacial score (nSPS) is 10.6. The number of thiazole rings is 1. The van der Waals surface area contributed by atoms with Crippen molar-refractivity contribution < 1.29 is 9.53 Å². The van der Waals surface area contributed by atoms with Gasteiger partial charge in [-0.2, -0.15) is 11.3 Å². The number of anilines is 1. The number of hydrogen-bond acceptors (Lipinski definition) is 5. The molecule has 2 aromatic heterocycles. The van der Waals surface area contributed by atoms with Crippen molar-refractivity contribution in [1.82, 2.24) is 4.98 Å². The first-order valence-electron chi connectivity index (χ1n) is 6.73. The molecular formula is C16H13BrN2O2S2. The number of aromatic nitrogens is 1. The van der Waals surface area contributed by atoms with Crippen LogP contribution in [0.2, 0.25) is 0 Å². The summed E-state index contributed by atoms with van der Waals surface area (Å²) < 4.78 is 6.15. The lowest BCUT2D eigenvalue weighted by Gasteiger charge is -2.10. The van der Waals surface area contributed by atoms with E-state index in [4.69, 9.17) is 4.74 Å². The summed E-state index contributed by atoms with van der Waals surface area (Å²) in [5.41, 5.74) is 2.39. The highest BCUT2D eigenvalue weighted by atomic mass is 79.9. The van der Waals surface area contributed by atoms with Crippen molar-refractivity contribution in [1.29, 1.82) is 0 Å². The van der Waals surface area contributed by atoms with Crippen LogP contribution in [0.4, 0.5) is 5.69 Å². The number of nitrogens with one attached hydrogen (secondary N) is 1. The zero-order valence-corrected chi connectivity index (χ0v) is 15.6. The Balaban J connectivity index is 1.88. The van der Waals surface area contributed by atoms with E-state index >= 15 is 0 Å². The fraction of sp³-hybridized carbons (Fsp3) is 0.125. The molecule has 0 unspecified atom stereocenters. The quantitative estimate of drug-likeness (QED) is 0.644. The summed E-state index contributed by atoms with van der Waals surface area (Å²) in [4.78, 5) is 17.7. The zero-order chi connectivity index (χ0) is 16.4. The summed E-state index contributed by atoms with van der Waals surface area (Å²) in [7, 11) is 1.57. The van der Waals surface area contributed by atoms with Crippen LogP contribution in [-0.2, 0) is 0 Å². The van der Waals surface area contributed by atoms with E-state index in [2.05, 4.69) is 26.2 Å². The third-order valence-electron chi connectivity index (χ3n) is 3.18. The first kappa shape index (κ1) is 16.2. The van der Waals surface area contributed by atoms with Crippen LogP contribution in [0.1, 0.15) is 15.4 Å². The Labute approximate surface area is 150 Å². The Bertz CT molecular complexity index is 844. The molecule has 3 rings (SSSR count). The van der Waals surface area contributed by atoms with Crippen molar-refractivity contribution in [3.63, 3.8) is 0 Å². The van der Waals surface area contributed by atoms with Crippen LogP contribution in [0.25, 0.3) is 10.6 Å². The monoisotopic (exact) mass is 408 g/mol. The molecule has 1 amide bonds. The van der Waals surface area contributed by atoms with E-state index in [9.17, 15) is 4.79 Å². The molecule has 23 heavy (non-hydrogen) atoms. The van der Waals surface area contributed by atoms with Crippen LogP contribution in [0.5, 0.6) is 5.75 Å². The highest BCUT2D eigenvalue weighted by Crippen LogP contribution is 2.32. The third-order valence-corrected chi connectivity index (χ3v) is 5.56. The summed E-state index contributed by atoms with van der Waals surface area (Å²) in [6, 6.07) is 7.48. The molecule has 0 bridgehead atoms. The zero-order valence-electron chi connectivity index (χ0n) is 12.4. The molecule has 0 aliphatic rings. The number of thiophene rings is 1. The first-order valence-corrected chi connectivity index (χ1v) is 9.28. The van der Waals surface area contributed by atoms with Gasteiger partial charge in [-0.25, -0.2) is 4.98 Å². The number of carbonyl (C=O) groups is 1. The number of nitrogens with zero attached hydrogens (tertiary/aromatic N) is 1. The van der Waals surface area contributed by atoms with E-state index in [1.807, 2.05) is 35.9 Å². The maximum atomic E-state index is 12.6. The van der Waals surface area contributed by atoms with Gasteiger partial charge in [-0.3, -0.25) is 4.79 Å². The Morgan fingerprint density at radius 2 is 2.17 bits per heavy atom. The minimum atomic E-state index is -0.183. The number of halogens is 1. The lowest BCUT2D eigenvalue weighted by molar-refractivity contribution is 0.102. The number of rotatable bonds is 4. The molecule has 0 aliphatic heterocycles. The molecule has 1 N–H and O–H groups in total. The second-order valence-corrected chi connectivity index (χ2v) is 7.44. The molecule has 0 fully saturated rings. The third kappa shape index (κ3) is 3.46. The number of ether oxygens (including phenoxy) is 1. The fourth-order valence-electron chi connectivity index (χ4n) is 2.07. The smallest absolute Gasteiger partial charge is 0.267 e. The number of methoxy groups -OCH3 is 1. The molecule has 0 saturated heterocycles. The number of carbonyl (C=O) groups excluding carboxylic acids is 1. The summed E-state index contributed by atoms with van der Waals surface area (Å²) in [5, 5.41) is 7.78. The van der Waals surface area contributed by atoms with E-state index in [1.165, 1.54) is 11.3 Å². The van der Waals surface area contributed by atoms with Crippen molar-refractivity contribution in [3.8, 4) is 16.3 Å². The van der Waals surface area contributed by atoms with E-state index in [0.717, 1.165) is 20.7 Å². The minimum Gasteiger partial charge on any atom is -0.495 e. The lowest BCUT2D eigenvalue weighted by Crippen LogP contribution is -2.12. The van der Waals surface area contributed by atoms with E-state index in [1.54, 1.807) is 24.5 Å². The maximum absolute atomic E-state index is 12.6. The number of aryl methyl sites for hydroxylation is 1. The lowest BCUT2D eigenvalue weighted by atomic mass is 10.2. The van der Waals surface area contributed by atoms with E-state index < -0.39 is 0 Å². The standard InChI is InChI=1S/C16H13BrN2O2S2/c1-9-14(23-16(18-9)10-5-6-22-8-10)15(20)19-12-7-11(17)3-4-13(12)21-2/h3-8H,1-2H3,(H,19,20). The molecule has 0 saturated carbocycles. The largest absolute Gasteiger partial charge is 0.495 e. The van der Waals surface area contributed by atoms with Crippen molar-refractivity contribution in [3.05, 3.63) is 50.1 Å². The van der Waals surface area contributed by atoms with E-state index in [-0.39, 0.29) is 5.91 Å². The molecule has 1 aromatic carbocycles. The fourth-order valence-corrected chi connectivity index (χ4v) is 4.11. The van der Waals surface area contributed by atoms with Gasteiger partial charge in [0.05, 0.1) is 18.5 Å². The van der Waals surface area contributed by atoms with Crippen molar-refractivity contribution >= 4 is 50.2 Å². The van der Waals surface area contributed by atoms with Gasteiger partial charge in [0.15, 0.2) is 0 Å². The van der Waals surface area contributed by atoms with Gasteiger partial charge < -0.3 is 10.1 Å². The topological polar surface area (TPSA) is 51.2 Å². The van der Waals surface area contributed by atoms with Crippen molar-refractivity contribution in [2.24, 2.45) is 0 Å². The average Bonchev–Trinajstić information content (AvgIpc) is 3.16. The Morgan fingerprint density at radius 3 is 2.87 bits per heavy atom. The Morgan fingerprint density at radius 1 is 1.35 bits per heavy atom. The Hall–Kier alpha value is -1.70. The molecule has 3 aromatic rings. The number of amides is 1. The summed E-state index contributed by atoms with van der Waals surface area (Å²) in [5.74, 6) is 0.430. The van der Waals surface area contributed by atoms with Gasteiger partial charge >= 0.3 is 0 Å². The van der Waals surface area contributed by atoms with Crippen molar-refractivity contribution in [2.45, 2.75) is 6.92 Å². The summed E-state index contributed by atoms with van der Waals surface area (Å²) in [6.45, 7) is 1.85. The van der Waals surface area contributed by atoms with Gasteiger partial charge in [0.1, 0.15) is 15.6 Å². The molecular weight excluding hydrogens is 396 g/mol. The predicted octanol–water partition coefficient (Wildman–Crippen LogP) is 5.20. The molecule has 0 spiro atoms. The number of hydrogen-bond donors (Lipinski definition) is 1. The molecule has 118 valence electrons. The van der Waals surface area contributed by atoms with Gasteiger partial charge in [-0.05, 0) is 36.6 Å². The number of benzene rings is 1. The Kier molecular flexibility index (Phi) is 4.79. The van der Waals surface area contributed by atoms with Crippen LogP contribution < -0.4 is 10.1 Å². The highest BCUT2D eigenvalue weighted by Gasteiger charge is 2.18. The van der Waals surface area contributed by atoms with Crippen LogP contribution in [0.3, 0.4) is 0 Å². The first-order chi connectivity index (χ1) is 11.1. The average molecular weight is 409 g/mol. The maximum Gasteiger partial charge on any atom is 0.267 e. The van der Waals surface area contributed by atoms with Gasteiger partial charge in [0.25, 0.3) is 5.91 Å². The molecule has 0 radical (unpaired) electrons. The van der Waals surface area contributed by atoms with Gasteiger partial charge in [0.2, 0.25) is 0 Å². The SMILES string of the molecule is COc1ccc(Br)cc1NC(=O)c1sc(-c2ccsc2)nc1C. The molecule has 4 nitrogen and oxygen atoms in total. The molecule has 7 heteroatoms. The summed E-state index contributed by atoms with van der Waals surface area (Å²) >= 11 is 6.41.